The van der Waals surface area contributed by atoms with Crippen LogP contribution >= 0.6 is 15.9 Å². The minimum absolute atomic E-state index is 0.0702. The van der Waals surface area contributed by atoms with Crippen molar-refractivity contribution in [3.63, 3.8) is 0 Å². The summed E-state index contributed by atoms with van der Waals surface area (Å²) in [4.78, 5) is 23.6. The van der Waals surface area contributed by atoms with Crippen LogP contribution < -0.4 is 10.6 Å². The molecule has 0 fully saturated rings. The lowest BCUT2D eigenvalue weighted by atomic mass is 10.2. The second kappa shape index (κ2) is 7.04. The zero-order valence-corrected chi connectivity index (χ0v) is 13.1. The SMILES string of the molecule is Cc1cc(Br)cc(NC(=O)CNC(=O)c2ccccc2)c1. The van der Waals surface area contributed by atoms with Crippen molar-refractivity contribution in [3.8, 4) is 0 Å². The van der Waals surface area contributed by atoms with Gasteiger partial charge in [0.1, 0.15) is 0 Å². The van der Waals surface area contributed by atoms with Gasteiger partial charge in [0, 0.05) is 15.7 Å². The molecule has 0 radical (unpaired) electrons. The molecule has 4 nitrogen and oxygen atoms in total. The molecule has 0 saturated heterocycles. The first-order chi connectivity index (χ1) is 10.0. The van der Waals surface area contributed by atoms with Crippen LogP contribution in [-0.4, -0.2) is 18.4 Å². The summed E-state index contributed by atoms with van der Waals surface area (Å²) in [7, 11) is 0. The Morgan fingerprint density at radius 3 is 2.48 bits per heavy atom. The highest BCUT2D eigenvalue weighted by Gasteiger charge is 2.08. The van der Waals surface area contributed by atoms with Crippen molar-refractivity contribution in [1.82, 2.24) is 5.32 Å². The van der Waals surface area contributed by atoms with E-state index in [9.17, 15) is 9.59 Å². The zero-order chi connectivity index (χ0) is 15.2. The van der Waals surface area contributed by atoms with Crippen LogP contribution in [0.5, 0.6) is 0 Å². The molecule has 2 N–H and O–H groups in total. The summed E-state index contributed by atoms with van der Waals surface area (Å²) >= 11 is 3.37. The predicted molar refractivity (Wildman–Crippen MR) is 86.3 cm³/mol. The fourth-order valence-corrected chi connectivity index (χ4v) is 2.47. The molecule has 0 bridgehead atoms. The number of nitrogens with one attached hydrogen (secondary N) is 2. The van der Waals surface area contributed by atoms with Gasteiger partial charge in [-0.05, 0) is 42.8 Å². The molecule has 0 saturated carbocycles. The van der Waals surface area contributed by atoms with Gasteiger partial charge in [-0.15, -0.1) is 0 Å². The number of carbonyl (C=O) groups is 2. The first-order valence-corrected chi connectivity index (χ1v) is 7.24. The number of rotatable bonds is 4. The number of aryl methyl sites for hydroxylation is 1. The van der Waals surface area contributed by atoms with Gasteiger partial charge in [-0.2, -0.15) is 0 Å². The molecular formula is C16H15BrN2O2. The van der Waals surface area contributed by atoms with Crippen LogP contribution in [0, 0.1) is 6.92 Å². The van der Waals surface area contributed by atoms with Crippen molar-refractivity contribution in [2.24, 2.45) is 0 Å². The van der Waals surface area contributed by atoms with E-state index >= 15 is 0 Å². The highest BCUT2D eigenvalue weighted by atomic mass is 79.9. The van der Waals surface area contributed by atoms with E-state index in [4.69, 9.17) is 0 Å². The lowest BCUT2D eigenvalue weighted by Crippen LogP contribution is -2.32. The first-order valence-electron chi connectivity index (χ1n) is 6.45. The van der Waals surface area contributed by atoms with Crippen LogP contribution in [0.1, 0.15) is 15.9 Å². The van der Waals surface area contributed by atoms with Gasteiger partial charge in [0.25, 0.3) is 5.91 Å². The summed E-state index contributed by atoms with van der Waals surface area (Å²) in [6.45, 7) is 1.87. The van der Waals surface area contributed by atoms with Gasteiger partial charge in [-0.1, -0.05) is 34.1 Å². The van der Waals surface area contributed by atoms with Gasteiger partial charge in [-0.3, -0.25) is 9.59 Å². The van der Waals surface area contributed by atoms with Gasteiger partial charge < -0.3 is 10.6 Å². The Morgan fingerprint density at radius 2 is 1.81 bits per heavy atom. The fraction of sp³-hybridized carbons (Fsp3) is 0.125. The van der Waals surface area contributed by atoms with E-state index in [2.05, 4.69) is 26.6 Å². The van der Waals surface area contributed by atoms with E-state index in [1.54, 1.807) is 24.3 Å². The van der Waals surface area contributed by atoms with Crippen molar-refractivity contribution in [2.75, 3.05) is 11.9 Å². The third kappa shape index (κ3) is 4.72. The van der Waals surface area contributed by atoms with Crippen LogP contribution in [0.2, 0.25) is 0 Å². The molecule has 0 aromatic heterocycles. The average Bonchev–Trinajstić information content (AvgIpc) is 2.44. The van der Waals surface area contributed by atoms with Crippen molar-refractivity contribution in [2.45, 2.75) is 6.92 Å². The van der Waals surface area contributed by atoms with Crippen molar-refractivity contribution >= 4 is 33.4 Å². The molecule has 2 rings (SSSR count). The Balaban J connectivity index is 1.89. The van der Waals surface area contributed by atoms with E-state index in [0.29, 0.717) is 11.3 Å². The molecule has 2 aromatic carbocycles. The second-order valence-corrected chi connectivity index (χ2v) is 5.53. The molecule has 0 aliphatic heterocycles. The molecule has 2 aromatic rings. The minimum atomic E-state index is -0.267. The van der Waals surface area contributed by atoms with Gasteiger partial charge in [0.2, 0.25) is 5.91 Å². The molecule has 0 spiro atoms. The monoisotopic (exact) mass is 346 g/mol. The van der Waals surface area contributed by atoms with Crippen molar-refractivity contribution < 1.29 is 9.59 Å². The van der Waals surface area contributed by atoms with Gasteiger partial charge in [0.05, 0.1) is 6.54 Å². The van der Waals surface area contributed by atoms with E-state index in [-0.39, 0.29) is 18.4 Å². The van der Waals surface area contributed by atoms with Crippen LogP contribution in [0.3, 0.4) is 0 Å². The molecule has 21 heavy (non-hydrogen) atoms. The molecule has 0 unspecified atom stereocenters. The largest absolute Gasteiger partial charge is 0.343 e. The molecule has 0 aliphatic carbocycles. The highest BCUT2D eigenvalue weighted by Crippen LogP contribution is 2.18. The Morgan fingerprint density at radius 1 is 1.10 bits per heavy atom. The molecular weight excluding hydrogens is 332 g/mol. The maximum atomic E-state index is 11.8. The zero-order valence-electron chi connectivity index (χ0n) is 11.5. The van der Waals surface area contributed by atoms with Crippen LogP contribution in [0.15, 0.2) is 53.0 Å². The molecule has 5 heteroatoms. The summed E-state index contributed by atoms with van der Waals surface area (Å²) in [6, 6.07) is 14.4. The third-order valence-corrected chi connectivity index (χ3v) is 3.23. The van der Waals surface area contributed by atoms with Crippen molar-refractivity contribution in [3.05, 3.63) is 64.1 Å². The highest BCUT2D eigenvalue weighted by molar-refractivity contribution is 9.10. The number of hydrogen-bond donors (Lipinski definition) is 2. The Hall–Kier alpha value is -2.14. The van der Waals surface area contributed by atoms with Crippen LogP contribution in [-0.2, 0) is 4.79 Å². The second-order valence-electron chi connectivity index (χ2n) is 4.61. The number of carbonyl (C=O) groups excluding carboxylic acids is 2. The number of halogens is 1. The van der Waals surface area contributed by atoms with E-state index in [0.717, 1.165) is 10.0 Å². The molecule has 0 heterocycles. The summed E-state index contributed by atoms with van der Waals surface area (Å²) in [5.41, 5.74) is 2.26. The summed E-state index contributed by atoms with van der Waals surface area (Å²) < 4.78 is 0.895. The first kappa shape index (κ1) is 15.3. The molecule has 0 atom stereocenters. The lowest BCUT2D eigenvalue weighted by molar-refractivity contribution is -0.115. The topological polar surface area (TPSA) is 58.2 Å². The minimum Gasteiger partial charge on any atom is -0.343 e. The van der Waals surface area contributed by atoms with E-state index in [1.165, 1.54) is 0 Å². The number of benzene rings is 2. The van der Waals surface area contributed by atoms with E-state index < -0.39 is 0 Å². The average molecular weight is 347 g/mol. The summed E-state index contributed by atoms with van der Waals surface area (Å²) in [5, 5.41) is 5.33. The van der Waals surface area contributed by atoms with Gasteiger partial charge in [-0.25, -0.2) is 0 Å². The quantitative estimate of drug-likeness (QED) is 0.893. The standard InChI is InChI=1S/C16H15BrN2O2/c1-11-7-13(17)9-14(8-11)19-15(20)10-18-16(21)12-5-3-2-4-6-12/h2-9H,10H2,1H3,(H,18,21)(H,19,20). The van der Waals surface area contributed by atoms with Gasteiger partial charge >= 0.3 is 0 Å². The predicted octanol–water partition coefficient (Wildman–Crippen LogP) is 3.13. The van der Waals surface area contributed by atoms with Crippen LogP contribution in [0.25, 0.3) is 0 Å². The van der Waals surface area contributed by atoms with Crippen LogP contribution in [0.4, 0.5) is 5.69 Å². The van der Waals surface area contributed by atoms with E-state index in [1.807, 2.05) is 31.2 Å². The maximum Gasteiger partial charge on any atom is 0.251 e. The Kier molecular flexibility index (Phi) is 5.11. The molecule has 2 amide bonds. The number of anilines is 1. The molecule has 0 aliphatic rings. The maximum absolute atomic E-state index is 11.8. The third-order valence-electron chi connectivity index (χ3n) is 2.77. The number of amides is 2. The Bertz CT molecular complexity index is 636. The molecule has 108 valence electrons. The normalized spacial score (nSPS) is 10.0. The summed E-state index contributed by atoms with van der Waals surface area (Å²) in [5.74, 6) is -0.534. The number of hydrogen-bond acceptors (Lipinski definition) is 2. The lowest BCUT2D eigenvalue weighted by Gasteiger charge is -2.08. The Labute approximate surface area is 131 Å². The smallest absolute Gasteiger partial charge is 0.251 e. The summed E-state index contributed by atoms with van der Waals surface area (Å²) in [6.07, 6.45) is 0. The van der Waals surface area contributed by atoms with Crippen molar-refractivity contribution in [1.29, 1.82) is 0 Å². The van der Waals surface area contributed by atoms with Gasteiger partial charge in [0.15, 0.2) is 0 Å². The fourth-order valence-electron chi connectivity index (χ4n) is 1.87.